The van der Waals surface area contributed by atoms with Gasteiger partial charge in [0.2, 0.25) is 0 Å². The average Bonchev–Trinajstić information content (AvgIpc) is 2.40. The van der Waals surface area contributed by atoms with E-state index in [1.807, 2.05) is 12.1 Å². The summed E-state index contributed by atoms with van der Waals surface area (Å²) in [5.74, 6) is 0.250. The van der Waals surface area contributed by atoms with Crippen LogP contribution in [0.3, 0.4) is 0 Å². The number of carbonyl (C=O) groups is 1. The maximum absolute atomic E-state index is 11.6. The molecule has 1 amide bonds. The van der Waals surface area contributed by atoms with Crippen molar-refractivity contribution < 1.29 is 9.63 Å². The van der Waals surface area contributed by atoms with Gasteiger partial charge in [-0.05, 0) is 25.0 Å². The predicted molar refractivity (Wildman–Crippen MR) is 68.3 cm³/mol. The molecule has 0 bridgehead atoms. The van der Waals surface area contributed by atoms with Gasteiger partial charge in [-0.2, -0.15) is 5.48 Å². The summed E-state index contributed by atoms with van der Waals surface area (Å²) in [6, 6.07) is 3.74. The van der Waals surface area contributed by atoms with Crippen LogP contribution in [-0.4, -0.2) is 36.1 Å². The highest BCUT2D eigenvalue weighted by Gasteiger charge is 2.26. The monoisotopic (exact) mass is 269 g/mol. The molecule has 1 unspecified atom stereocenters. The topological polar surface area (TPSA) is 54.5 Å². The summed E-state index contributed by atoms with van der Waals surface area (Å²) in [5, 5.41) is 0.626. The SMILES string of the molecule is CNOC(=O)N1CCCC(c2ccc(Cl)cn2)C1. The van der Waals surface area contributed by atoms with Gasteiger partial charge in [-0.25, -0.2) is 4.79 Å². The first-order valence-corrected chi connectivity index (χ1v) is 6.32. The normalized spacial score (nSPS) is 19.7. The van der Waals surface area contributed by atoms with E-state index in [0.717, 1.165) is 25.1 Å². The second-order valence-corrected chi connectivity index (χ2v) is 4.69. The van der Waals surface area contributed by atoms with Crippen molar-refractivity contribution in [3.63, 3.8) is 0 Å². The van der Waals surface area contributed by atoms with Gasteiger partial charge in [0.1, 0.15) is 0 Å². The van der Waals surface area contributed by atoms with Crippen LogP contribution in [0, 0.1) is 0 Å². The third kappa shape index (κ3) is 3.11. The molecular formula is C12H16ClN3O2. The Kier molecular flexibility index (Phi) is 4.38. The van der Waals surface area contributed by atoms with E-state index in [0.29, 0.717) is 11.6 Å². The third-order valence-electron chi connectivity index (χ3n) is 3.04. The summed E-state index contributed by atoms with van der Waals surface area (Å²) < 4.78 is 0. The van der Waals surface area contributed by atoms with E-state index in [1.54, 1.807) is 18.1 Å². The highest BCUT2D eigenvalue weighted by Crippen LogP contribution is 2.26. The number of pyridine rings is 1. The highest BCUT2D eigenvalue weighted by molar-refractivity contribution is 6.30. The molecule has 1 aromatic heterocycles. The lowest BCUT2D eigenvalue weighted by Crippen LogP contribution is -2.41. The summed E-state index contributed by atoms with van der Waals surface area (Å²) in [5.41, 5.74) is 3.38. The minimum Gasteiger partial charge on any atom is -0.354 e. The molecule has 0 aromatic carbocycles. The van der Waals surface area contributed by atoms with E-state index >= 15 is 0 Å². The predicted octanol–water partition coefficient (Wildman–Crippen LogP) is 2.19. The fourth-order valence-electron chi connectivity index (χ4n) is 2.16. The smallest absolute Gasteiger partial charge is 0.354 e. The number of aromatic nitrogens is 1. The number of rotatable bonds is 2. The van der Waals surface area contributed by atoms with Crippen molar-refractivity contribution in [3.05, 3.63) is 29.0 Å². The number of nitrogens with one attached hydrogen (secondary N) is 1. The van der Waals surface area contributed by atoms with Crippen LogP contribution in [-0.2, 0) is 4.84 Å². The molecule has 0 saturated carbocycles. The Morgan fingerprint density at radius 3 is 3.11 bits per heavy atom. The Bertz CT molecular complexity index is 410. The van der Waals surface area contributed by atoms with Crippen LogP contribution < -0.4 is 5.48 Å². The molecule has 1 fully saturated rings. The molecular weight excluding hydrogens is 254 g/mol. The molecule has 1 atom stereocenters. The van der Waals surface area contributed by atoms with Crippen LogP contribution in [0.5, 0.6) is 0 Å². The van der Waals surface area contributed by atoms with Crippen LogP contribution in [0.25, 0.3) is 0 Å². The molecule has 5 nitrogen and oxygen atoms in total. The first-order chi connectivity index (χ1) is 8.70. The summed E-state index contributed by atoms with van der Waals surface area (Å²) in [7, 11) is 1.57. The van der Waals surface area contributed by atoms with E-state index in [1.165, 1.54) is 0 Å². The van der Waals surface area contributed by atoms with Gasteiger partial charge in [-0.15, -0.1) is 0 Å². The van der Waals surface area contributed by atoms with Gasteiger partial charge < -0.3 is 9.74 Å². The van der Waals surface area contributed by atoms with Crippen molar-refractivity contribution in [2.45, 2.75) is 18.8 Å². The molecule has 0 spiro atoms. The lowest BCUT2D eigenvalue weighted by Gasteiger charge is -2.31. The zero-order valence-corrected chi connectivity index (χ0v) is 11.0. The Morgan fingerprint density at radius 2 is 2.44 bits per heavy atom. The van der Waals surface area contributed by atoms with Gasteiger partial charge in [0.05, 0.1) is 5.02 Å². The molecule has 0 aliphatic carbocycles. The fraction of sp³-hybridized carbons (Fsp3) is 0.500. The molecule has 98 valence electrons. The lowest BCUT2D eigenvalue weighted by molar-refractivity contribution is 0.0571. The minimum atomic E-state index is -0.337. The third-order valence-corrected chi connectivity index (χ3v) is 3.26. The van der Waals surface area contributed by atoms with Crippen molar-refractivity contribution >= 4 is 17.7 Å². The van der Waals surface area contributed by atoms with Gasteiger partial charge in [-0.1, -0.05) is 11.6 Å². The first kappa shape index (κ1) is 13.1. The Labute approximate surface area is 111 Å². The molecule has 6 heteroatoms. The molecule has 0 radical (unpaired) electrons. The van der Waals surface area contributed by atoms with Crippen LogP contribution in [0.4, 0.5) is 4.79 Å². The molecule has 2 rings (SSSR count). The molecule has 1 aromatic rings. The van der Waals surface area contributed by atoms with E-state index in [-0.39, 0.29) is 12.0 Å². The number of amides is 1. The quantitative estimate of drug-likeness (QED) is 0.836. The number of hydrogen-bond acceptors (Lipinski definition) is 4. The summed E-state index contributed by atoms with van der Waals surface area (Å²) in [6.07, 6.45) is 3.28. The molecule has 2 heterocycles. The van der Waals surface area contributed by atoms with Gasteiger partial charge in [0, 0.05) is 37.9 Å². The van der Waals surface area contributed by atoms with E-state index in [4.69, 9.17) is 16.4 Å². The van der Waals surface area contributed by atoms with Gasteiger partial charge in [-0.3, -0.25) is 4.98 Å². The largest absolute Gasteiger partial charge is 0.428 e. The fourth-order valence-corrected chi connectivity index (χ4v) is 2.28. The van der Waals surface area contributed by atoms with Crippen molar-refractivity contribution in [2.24, 2.45) is 0 Å². The highest BCUT2D eigenvalue weighted by atomic mass is 35.5. The number of piperidine rings is 1. The zero-order chi connectivity index (χ0) is 13.0. The van der Waals surface area contributed by atoms with E-state index < -0.39 is 0 Å². The summed E-state index contributed by atoms with van der Waals surface area (Å²) in [4.78, 5) is 22.4. The number of hydrogen-bond donors (Lipinski definition) is 1. The lowest BCUT2D eigenvalue weighted by atomic mass is 9.94. The zero-order valence-electron chi connectivity index (χ0n) is 10.2. The van der Waals surface area contributed by atoms with Crippen molar-refractivity contribution in [1.29, 1.82) is 0 Å². The van der Waals surface area contributed by atoms with Gasteiger partial charge in [0.15, 0.2) is 0 Å². The maximum Gasteiger partial charge on any atom is 0.428 e. The standard InChI is InChI=1S/C12H16ClN3O2/c1-14-18-12(17)16-6-2-3-9(8-16)11-5-4-10(13)7-15-11/h4-5,7,9,14H,2-3,6,8H2,1H3. The molecule has 1 aliphatic rings. The van der Waals surface area contributed by atoms with E-state index in [2.05, 4.69) is 10.5 Å². The van der Waals surface area contributed by atoms with Crippen LogP contribution in [0.2, 0.25) is 5.02 Å². The number of nitrogens with zero attached hydrogens (tertiary/aromatic N) is 2. The molecule has 1 aliphatic heterocycles. The second-order valence-electron chi connectivity index (χ2n) is 4.26. The van der Waals surface area contributed by atoms with Crippen molar-refractivity contribution in [2.75, 3.05) is 20.1 Å². The Hall–Kier alpha value is -1.33. The maximum atomic E-state index is 11.6. The van der Waals surface area contributed by atoms with Gasteiger partial charge in [0.25, 0.3) is 0 Å². The number of likely N-dealkylation sites (tertiary alicyclic amines) is 1. The van der Waals surface area contributed by atoms with Crippen LogP contribution in [0.1, 0.15) is 24.5 Å². The first-order valence-electron chi connectivity index (χ1n) is 5.94. The summed E-state index contributed by atoms with van der Waals surface area (Å²) in [6.45, 7) is 1.36. The Balaban J connectivity index is 2.02. The average molecular weight is 270 g/mol. The second kappa shape index (κ2) is 6.02. The van der Waals surface area contributed by atoms with E-state index in [9.17, 15) is 4.79 Å². The van der Waals surface area contributed by atoms with Crippen molar-refractivity contribution in [3.8, 4) is 0 Å². The molecule has 1 N–H and O–H groups in total. The molecule has 18 heavy (non-hydrogen) atoms. The summed E-state index contributed by atoms with van der Waals surface area (Å²) >= 11 is 5.82. The van der Waals surface area contributed by atoms with Crippen LogP contribution in [0.15, 0.2) is 18.3 Å². The minimum absolute atomic E-state index is 0.250. The number of carbonyl (C=O) groups excluding carboxylic acids is 1. The number of hydroxylamine groups is 1. The van der Waals surface area contributed by atoms with Crippen LogP contribution >= 0.6 is 11.6 Å². The van der Waals surface area contributed by atoms with Crippen molar-refractivity contribution in [1.82, 2.24) is 15.4 Å². The Morgan fingerprint density at radius 1 is 1.61 bits per heavy atom. The number of halogens is 1. The molecule has 1 saturated heterocycles. The van der Waals surface area contributed by atoms with Gasteiger partial charge >= 0.3 is 6.09 Å².